The first-order chi connectivity index (χ1) is 14.9. The van der Waals surface area contributed by atoms with Crippen molar-refractivity contribution >= 4 is 11.7 Å². The van der Waals surface area contributed by atoms with Gasteiger partial charge in [-0.05, 0) is 23.8 Å². The number of alkyl halides is 3. The number of carbonyl (C=O) groups excluding carboxylic acids is 1. The largest absolute Gasteiger partial charge is 0.416 e. The van der Waals surface area contributed by atoms with Crippen LogP contribution in [0.15, 0.2) is 66.9 Å². The van der Waals surface area contributed by atoms with Crippen molar-refractivity contribution in [1.82, 2.24) is 14.9 Å². The van der Waals surface area contributed by atoms with Crippen LogP contribution in [-0.2, 0) is 17.4 Å². The zero-order valence-corrected chi connectivity index (χ0v) is 16.7. The predicted molar refractivity (Wildman–Crippen MR) is 111 cm³/mol. The van der Waals surface area contributed by atoms with Gasteiger partial charge in [-0.3, -0.25) is 4.79 Å². The highest BCUT2D eigenvalue weighted by molar-refractivity contribution is 5.79. The van der Waals surface area contributed by atoms with E-state index in [0.29, 0.717) is 37.6 Å². The molecule has 0 unspecified atom stereocenters. The summed E-state index contributed by atoms with van der Waals surface area (Å²) < 4.78 is 38.0. The fourth-order valence-electron chi connectivity index (χ4n) is 3.53. The lowest BCUT2D eigenvalue weighted by Gasteiger charge is -2.35. The van der Waals surface area contributed by atoms with Gasteiger partial charge >= 0.3 is 6.18 Å². The smallest absolute Gasteiger partial charge is 0.353 e. The Hall–Kier alpha value is -3.42. The van der Waals surface area contributed by atoms with Gasteiger partial charge in [0, 0.05) is 37.9 Å². The van der Waals surface area contributed by atoms with Crippen LogP contribution in [0.2, 0.25) is 0 Å². The number of rotatable bonds is 4. The van der Waals surface area contributed by atoms with Crippen LogP contribution in [0.5, 0.6) is 0 Å². The van der Waals surface area contributed by atoms with Gasteiger partial charge in [0.05, 0.1) is 12.0 Å². The molecule has 0 atom stereocenters. The molecule has 0 radical (unpaired) electrons. The highest BCUT2D eigenvalue weighted by Gasteiger charge is 2.30. The number of carbonyl (C=O) groups is 1. The lowest BCUT2D eigenvalue weighted by molar-refractivity contribution is -0.137. The summed E-state index contributed by atoms with van der Waals surface area (Å²) in [5, 5.41) is 0. The normalized spacial score (nSPS) is 14.5. The van der Waals surface area contributed by atoms with E-state index in [2.05, 4.69) is 14.9 Å². The second kappa shape index (κ2) is 8.75. The molecule has 3 aromatic rings. The molecule has 1 aromatic heterocycles. The third-order valence-electron chi connectivity index (χ3n) is 5.27. The second-order valence-electron chi connectivity index (χ2n) is 7.34. The number of hydrogen-bond acceptors (Lipinski definition) is 4. The number of halogens is 3. The van der Waals surface area contributed by atoms with Gasteiger partial charge in [0.1, 0.15) is 5.82 Å². The maximum absolute atomic E-state index is 12.7. The summed E-state index contributed by atoms with van der Waals surface area (Å²) in [5.41, 5.74) is 0.801. The van der Waals surface area contributed by atoms with E-state index in [1.165, 1.54) is 12.1 Å². The van der Waals surface area contributed by atoms with Crippen molar-refractivity contribution < 1.29 is 18.0 Å². The molecule has 1 amide bonds. The molecule has 0 bridgehead atoms. The molecule has 1 aliphatic rings. The Morgan fingerprint density at radius 1 is 0.903 bits per heavy atom. The van der Waals surface area contributed by atoms with Gasteiger partial charge in [0.25, 0.3) is 0 Å². The number of aromatic nitrogens is 2. The zero-order valence-electron chi connectivity index (χ0n) is 16.7. The molecule has 5 nitrogen and oxygen atoms in total. The van der Waals surface area contributed by atoms with Crippen molar-refractivity contribution in [1.29, 1.82) is 0 Å². The third kappa shape index (κ3) is 5.02. The van der Waals surface area contributed by atoms with E-state index < -0.39 is 11.7 Å². The Kier molecular flexibility index (Phi) is 5.88. The molecule has 0 spiro atoms. The van der Waals surface area contributed by atoms with Crippen molar-refractivity contribution in [3.63, 3.8) is 0 Å². The van der Waals surface area contributed by atoms with Crippen molar-refractivity contribution in [2.45, 2.75) is 12.6 Å². The van der Waals surface area contributed by atoms with Gasteiger partial charge < -0.3 is 9.80 Å². The van der Waals surface area contributed by atoms with Gasteiger partial charge in [-0.2, -0.15) is 13.2 Å². The van der Waals surface area contributed by atoms with E-state index in [9.17, 15) is 18.0 Å². The van der Waals surface area contributed by atoms with Crippen LogP contribution in [0.1, 0.15) is 11.1 Å². The molecular weight excluding hydrogens is 405 g/mol. The first-order valence-electron chi connectivity index (χ1n) is 9.97. The topological polar surface area (TPSA) is 49.3 Å². The van der Waals surface area contributed by atoms with Crippen LogP contribution in [0.4, 0.5) is 19.0 Å². The van der Waals surface area contributed by atoms with Crippen LogP contribution < -0.4 is 4.90 Å². The number of amides is 1. The van der Waals surface area contributed by atoms with E-state index in [4.69, 9.17) is 0 Å². The van der Waals surface area contributed by atoms with Crippen LogP contribution in [0.25, 0.3) is 11.4 Å². The van der Waals surface area contributed by atoms with Gasteiger partial charge in [-0.15, -0.1) is 0 Å². The first-order valence-corrected chi connectivity index (χ1v) is 9.97. The second-order valence-corrected chi connectivity index (χ2v) is 7.34. The number of nitrogens with zero attached hydrogens (tertiary/aromatic N) is 4. The minimum atomic E-state index is -4.37. The lowest BCUT2D eigenvalue weighted by Crippen LogP contribution is -2.49. The third-order valence-corrected chi connectivity index (χ3v) is 5.27. The zero-order chi connectivity index (χ0) is 21.8. The molecule has 8 heteroatoms. The molecule has 1 saturated heterocycles. The van der Waals surface area contributed by atoms with Crippen molar-refractivity contribution in [2.75, 3.05) is 31.1 Å². The van der Waals surface area contributed by atoms with Crippen molar-refractivity contribution in [3.05, 3.63) is 78.0 Å². The molecule has 4 rings (SSSR count). The van der Waals surface area contributed by atoms with Gasteiger partial charge in [-0.25, -0.2) is 9.97 Å². The monoisotopic (exact) mass is 426 g/mol. The number of benzene rings is 2. The molecule has 0 aliphatic carbocycles. The predicted octanol–water partition coefficient (Wildman–Crippen LogP) is 4.05. The first kappa shape index (κ1) is 20.8. The maximum Gasteiger partial charge on any atom is 0.416 e. The SMILES string of the molecule is O=C(Cc1ccc(C(F)(F)F)cc1)N1CCN(c2ccnc(-c3ccccc3)n2)CC1. The van der Waals surface area contributed by atoms with Crippen LogP contribution >= 0.6 is 0 Å². The highest BCUT2D eigenvalue weighted by atomic mass is 19.4. The van der Waals surface area contributed by atoms with E-state index in [-0.39, 0.29) is 12.3 Å². The van der Waals surface area contributed by atoms with E-state index >= 15 is 0 Å². The number of piperazine rings is 1. The summed E-state index contributed by atoms with van der Waals surface area (Å²) in [6.45, 7) is 2.32. The summed E-state index contributed by atoms with van der Waals surface area (Å²) in [7, 11) is 0. The Balaban J connectivity index is 1.35. The van der Waals surface area contributed by atoms with E-state index in [1.54, 1.807) is 11.1 Å². The van der Waals surface area contributed by atoms with E-state index in [0.717, 1.165) is 23.5 Å². The fraction of sp³-hybridized carbons (Fsp3) is 0.261. The molecule has 2 aromatic carbocycles. The Morgan fingerprint density at radius 2 is 1.58 bits per heavy atom. The van der Waals surface area contributed by atoms with Crippen LogP contribution in [0, 0.1) is 0 Å². The maximum atomic E-state index is 12.7. The Labute approximate surface area is 178 Å². The summed E-state index contributed by atoms with van der Waals surface area (Å²) >= 11 is 0. The summed E-state index contributed by atoms with van der Waals surface area (Å²) in [4.78, 5) is 25.4. The molecular formula is C23H21F3N4O. The summed E-state index contributed by atoms with van der Waals surface area (Å²) in [6, 6.07) is 16.3. The molecule has 0 saturated carbocycles. The number of anilines is 1. The molecule has 1 aliphatic heterocycles. The van der Waals surface area contributed by atoms with Gasteiger partial charge in [0.15, 0.2) is 5.82 Å². The van der Waals surface area contributed by atoms with Crippen molar-refractivity contribution in [3.8, 4) is 11.4 Å². The lowest BCUT2D eigenvalue weighted by atomic mass is 10.1. The molecule has 1 fully saturated rings. The fourth-order valence-corrected chi connectivity index (χ4v) is 3.53. The van der Waals surface area contributed by atoms with Crippen LogP contribution in [0.3, 0.4) is 0 Å². The standard InChI is InChI=1S/C23H21F3N4O/c24-23(25,26)19-8-6-17(7-9-19)16-21(31)30-14-12-29(13-15-30)20-10-11-27-22(28-20)18-4-2-1-3-5-18/h1-11H,12-16H2. The Bertz CT molecular complexity index is 1030. The molecule has 2 heterocycles. The van der Waals surface area contributed by atoms with Gasteiger partial charge in [0.2, 0.25) is 5.91 Å². The molecule has 31 heavy (non-hydrogen) atoms. The van der Waals surface area contributed by atoms with Crippen LogP contribution in [-0.4, -0.2) is 47.0 Å². The minimum Gasteiger partial charge on any atom is -0.353 e. The summed E-state index contributed by atoms with van der Waals surface area (Å²) in [5.74, 6) is 1.37. The average Bonchev–Trinajstić information content (AvgIpc) is 2.79. The Morgan fingerprint density at radius 3 is 2.23 bits per heavy atom. The minimum absolute atomic E-state index is 0.0871. The average molecular weight is 426 g/mol. The molecule has 0 N–H and O–H groups in total. The van der Waals surface area contributed by atoms with E-state index in [1.807, 2.05) is 36.4 Å². The van der Waals surface area contributed by atoms with Gasteiger partial charge in [-0.1, -0.05) is 42.5 Å². The molecule has 160 valence electrons. The quantitative estimate of drug-likeness (QED) is 0.632. The number of hydrogen-bond donors (Lipinski definition) is 0. The summed E-state index contributed by atoms with van der Waals surface area (Å²) in [6.07, 6.45) is -2.56. The highest BCUT2D eigenvalue weighted by Crippen LogP contribution is 2.29. The van der Waals surface area contributed by atoms with Crippen molar-refractivity contribution in [2.24, 2.45) is 0 Å².